The van der Waals surface area contributed by atoms with E-state index >= 15 is 0 Å². The highest BCUT2D eigenvalue weighted by Crippen LogP contribution is 2.20. The van der Waals surface area contributed by atoms with Crippen LogP contribution in [0.15, 0.2) is 23.1 Å². The van der Waals surface area contributed by atoms with Crippen LogP contribution in [0.2, 0.25) is 0 Å². The van der Waals surface area contributed by atoms with Crippen LogP contribution in [-0.4, -0.2) is 33.1 Å². The Labute approximate surface area is 115 Å². The van der Waals surface area contributed by atoms with Crippen molar-refractivity contribution >= 4 is 15.7 Å². The van der Waals surface area contributed by atoms with E-state index in [0.717, 1.165) is 12.1 Å². The third-order valence-corrected chi connectivity index (χ3v) is 4.12. The highest BCUT2D eigenvalue weighted by Gasteiger charge is 2.22. The number of hydrogen-bond acceptors (Lipinski definition) is 5. The Hall–Kier alpha value is -1.58. The summed E-state index contributed by atoms with van der Waals surface area (Å²) in [6.07, 6.45) is 0.450. The van der Waals surface area contributed by atoms with Crippen molar-refractivity contribution in [3.05, 3.63) is 34.1 Å². The largest absolute Gasteiger partial charge is 0.385 e. The molecule has 0 radical (unpaired) electrons. The molecule has 1 aromatic carbocycles. The number of nitro groups is 1. The zero-order valence-corrected chi connectivity index (χ0v) is 11.8. The first kappa shape index (κ1) is 16.5. The number of methoxy groups -OCH3 is 1. The van der Waals surface area contributed by atoms with Gasteiger partial charge in [-0.25, -0.2) is 13.1 Å². The van der Waals surface area contributed by atoms with E-state index < -0.39 is 32.5 Å². The van der Waals surface area contributed by atoms with Crippen molar-refractivity contribution in [2.45, 2.75) is 24.3 Å². The Morgan fingerprint density at radius 1 is 1.50 bits per heavy atom. The van der Waals surface area contributed by atoms with Crippen molar-refractivity contribution in [2.24, 2.45) is 0 Å². The van der Waals surface area contributed by atoms with Crippen LogP contribution in [0.1, 0.15) is 13.3 Å². The number of benzene rings is 1. The van der Waals surface area contributed by atoms with E-state index in [1.807, 2.05) is 0 Å². The van der Waals surface area contributed by atoms with Crippen molar-refractivity contribution in [3.63, 3.8) is 0 Å². The summed E-state index contributed by atoms with van der Waals surface area (Å²) in [5.41, 5.74) is -0.767. The fraction of sp³-hybridized carbons (Fsp3) is 0.455. The standard InChI is InChI=1S/C11H15FN2O5S/c1-8(5-6-19-2)13-20(17,18)9-3-4-11(14(15)16)10(12)7-9/h3-4,7-8,13H,5-6H2,1-2H3. The number of ether oxygens (including phenoxy) is 1. The summed E-state index contributed by atoms with van der Waals surface area (Å²) in [4.78, 5) is 9.19. The SMILES string of the molecule is COCCC(C)NS(=O)(=O)c1ccc([N+](=O)[O-])c(F)c1. The Bertz CT molecular complexity index is 590. The second-order valence-corrected chi connectivity index (χ2v) is 5.89. The molecule has 1 unspecified atom stereocenters. The summed E-state index contributed by atoms with van der Waals surface area (Å²) in [7, 11) is -2.43. The number of sulfonamides is 1. The van der Waals surface area contributed by atoms with Gasteiger partial charge in [-0.15, -0.1) is 0 Å². The quantitative estimate of drug-likeness (QED) is 0.607. The number of halogens is 1. The predicted molar refractivity (Wildman–Crippen MR) is 69.3 cm³/mol. The molecule has 1 N–H and O–H groups in total. The van der Waals surface area contributed by atoms with Gasteiger partial charge < -0.3 is 4.74 Å². The lowest BCUT2D eigenvalue weighted by molar-refractivity contribution is -0.387. The Morgan fingerprint density at radius 2 is 2.15 bits per heavy atom. The molecule has 7 nitrogen and oxygen atoms in total. The minimum absolute atomic E-state index is 0.357. The monoisotopic (exact) mass is 306 g/mol. The van der Waals surface area contributed by atoms with E-state index in [1.165, 1.54) is 7.11 Å². The molecule has 1 rings (SSSR count). The number of hydrogen-bond donors (Lipinski definition) is 1. The Balaban J connectivity index is 2.93. The van der Waals surface area contributed by atoms with Gasteiger partial charge in [0, 0.05) is 31.9 Å². The first-order valence-corrected chi connectivity index (χ1v) is 7.21. The first-order chi connectivity index (χ1) is 9.27. The molecular weight excluding hydrogens is 291 g/mol. The predicted octanol–water partition coefficient (Wildman–Crippen LogP) is 1.44. The molecule has 0 aliphatic rings. The van der Waals surface area contributed by atoms with Crippen LogP contribution in [0, 0.1) is 15.9 Å². The van der Waals surface area contributed by atoms with Gasteiger partial charge in [-0.05, 0) is 19.4 Å². The zero-order valence-electron chi connectivity index (χ0n) is 11.0. The normalized spacial score (nSPS) is 13.2. The zero-order chi connectivity index (χ0) is 15.3. The average Bonchev–Trinajstić information content (AvgIpc) is 2.35. The number of nitrogens with zero attached hydrogens (tertiary/aromatic N) is 1. The summed E-state index contributed by atoms with van der Waals surface area (Å²) in [6, 6.07) is 2.04. The smallest absolute Gasteiger partial charge is 0.304 e. The molecule has 0 aliphatic carbocycles. The van der Waals surface area contributed by atoms with Gasteiger partial charge in [0.05, 0.1) is 9.82 Å². The third kappa shape index (κ3) is 4.22. The van der Waals surface area contributed by atoms with E-state index in [0.29, 0.717) is 19.1 Å². The summed E-state index contributed by atoms with van der Waals surface area (Å²) in [6.45, 7) is 2.01. The second-order valence-electron chi connectivity index (χ2n) is 4.17. The molecule has 1 atom stereocenters. The molecule has 0 saturated carbocycles. The lowest BCUT2D eigenvalue weighted by atomic mass is 10.3. The number of nitrogens with one attached hydrogen (secondary N) is 1. The van der Waals surface area contributed by atoms with E-state index in [9.17, 15) is 22.9 Å². The average molecular weight is 306 g/mol. The summed E-state index contributed by atoms with van der Waals surface area (Å²) in [5.74, 6) is -1.19. The molecule has 112 valence electrons. The molecule has 0 saturated heterocycles. The molecular formula is C11H15FN2O5S. The van der Waals surface area contributed by atoms with Crippen LogP contribution in [0.3, 0.4) is 0 Å². The molecule has 0 spiro atoms. The van der Waals surface area contributed by atoms with Crippen molar-refractivity contribution in [1.82, 2.24) is 4.72 Å². The molecule has 0 bridgehead atoms. The third-order valence-electron chi connectivity index (χ3n) is 2.54. The van der Waals surface area contributed by atoms with Gasteiger partial charge in [-0.3, -0.25) is 10.1 Å². The molecule has 1 aromatic rings. The highest BCUT2D eigenvalue weighted by atomic mass is 32.2. The summed E-state index contributed by atoms with van der Waals surface area (Å²) >= 11 is 0. The molecule has 0 aromatic heterocycles. The van der Waals surface area contributed by atoms with Crippen molar-refractivity contribution in [2.75, 3.05) is 13.7 Å². The van der Waals surface area contributed by atoms with Crippen LogP contribution in [0.5, 0.6) is 0 Å². The van der Waals surface area contributed by atoms with Crippen LogP contribution in [0.25, 0.3) is 0 Å². The van der Waals surface area contributed by atoms with E-state index in [-0.39, 0.29) is 4.90 Å². The van der Waals surface area contributed by atoms with Gasteiger partial charge in [0.25, 0.3) is 0 Å². The molecule has 20 heavy (non-hydrogen) atoms. The fourth-order valence-electron chi connectivity index (χ4n) is 1.49. The maximum Gasteiger partial charge on any atom is 0.304 e. The molecule has 0 fully saturated rings. The summed E-state index contributed by atoms with van der Waals surface area (Å²) < 4.78 is 44.5. The van der Waals surface area contributed by atoms with E-state index in [4.69, 9.17) is 4.74 Å². The van der Waals surface area contributed by atoms with Crippen molar-refractivity contribution in [1.29, 1.82) is 0 Å². The van der Waals surface area contributed by atoms with Crippen molar-refractivity contribution < 1.29 is 22.5 Å². The molecule has 0 heterocycles. The maximum absolute atomic E-state index is 13.4. The molecule has 9 heteroatoms. The van der Waals surface area contributed by atoms with Gasteiger partial charge in [0.15, 0.2) is 0 Å². The topological polar surface area (TPSA) is 98.5 Å². The van der Waals surface area contributed by atoms with Crippen LogP contribution in [-0.2, 0) is 14.8 Å². The maximum atomic E-state index is 13.4. The van der Waals surface area contributed by atoms with E-state index in [2.05, 4.69) is 4.72 Å². The molecule has 0 aliphatic heterocycles. The van der Waals surface area contributed by atoms with Crippen molar-refractivity contribution in [3.8, 4) is 0 Å². The van der Waals surface area contributed by atoms with Gasteiger partial charge in [-0.1, -0.05) is 0 Å². The number of nitro benzene ring substituents is 1. The van der Waals surface area contributed by atoms with Gasteiger partial charge in [0.1, 0.15) is 0 Å². The lowest BCUT2D eigenvalue weighted by Crippen LogP contribution is -2.33. The number of rotatable bonds is 7. The summed E-state index contributed by atoms with van der Waals surface area (Å²) in [5, 5.41) is 10.5. The lowest BCUT2D eigenvalue weighted by Gasteiger charge is -2.13. The second kappa shape index (κ2) is 6.73. The minimum atomic E-state index is -3.92. The van der Waals surface area contributed by atoms with E-state index in [1.54, 1.807) is 6.92 Å². The van der Waals surface area contributed by atoms with Gasteiger partial charge >= 0.3 is 5.69 Å². The van der Waals surface area contributed by atoms with Gasteiger partial charge in [0.2, 0.25) is 15.8 Å². The highest BCUT2D eigenvalue weighted by molar-refractivity contribution is 7.89. The minimum Gasteiger partial charge on any atom is -0.385 e. The fourth-order valence-corrected chi connectivity index (χ4v) is 2.78. The Morgan fingerprint density at radius 3 is 2.65 bits per heavy atom. The molecule has 0 amide bonds. The van der Waals surface area contributed by atoms with Crippen LogP contribution < -0.4 is 4.72 Å². The van der Waals surface area contributed by atoms with Gasteiger partial charge in [-0.2, -0.15) is 4.39 Å². The van der Waals surface area contributed by atoms with Crippen LogP contribution in [0.4, 0.5) is 10.1 Å². The van der Waals surface area contributed by atoms with Crippen LogP contribution >= 0.6 is 0 Å². The first-order valence-electron chi connectivity index (χ1n) is 5.73. The Kier molecular flexibility index (Phi) is 5.54.